The zero-order chi connectivity index (χ0) is 17.8. The molecule has 0 unspecified atom stereocenters. The van der Waals surface area contributed by atoms with Crippen LogP contribution in [0, 0.1) is 0 Å². The molecule has 0 spiro atoms. The van der Waals surface area contributed by atoms with Gasteiger partial charge in [0.05, 0.1) is 12.3 Å². The number of likely N-dealkylation sites (tertiary alicyclic amines) is 1. The molecule has 0 saturated carbocycles. The summed E-state index contributed by atoms with van der Waals surface area (Å²) in [7, 11) is 0. The normalized spacial score (nSPS) is 14.7. The first-order chi connectivity index (χ1) is 12.8. The number of fused-ring (bicyclic) bond motifs is 1. The molecule has 3 aromatic rings. The Hall–Kier alpha value is -2.48. The van der Waals surface area contributed by atoms with E-state index < -0.39 is 0 Å². The van der Waals surface area contributed by atoms with Crippen LogP contribution in [0.1, 0.15) is 24.8 Å². The summed E-state index contributed by atoms with van der Waals surface area (Å²) in [5, 5.41) is 9.18. The Morgan fingerprint density at radius 2 is 1.88 bits per heavy atom. The van der Waals surface area contributed by atoms with Crippen LogP contribution in [0.15, 0.2) is 41.7 Å². The molecular weight excluding hydrogens is 348 g/mol. The fourth-order valence-corrected chi connectivity index (χ4v) is 3.94. The van der Waals surface area contributed by atoms with Gasteiger partial charge in [-0.15, -0.1) is 5.10 Å². The molecule has 7 nitrogen and oxygen atoms in total. The van der Waals surface area contributed by atoms with Gasteiger partial charge in [-0.1, -0.05) is 47.3 Å². The fourth-order valence-electron chi connectivity index (χ4n) is 3.10. The highest BCUT2D eigenvalue weighted by Crippen LogP contribution is 2.23. The molecule has 134 valence electrons. The topological polar surface area (TPSA) is 76.8 Å². The summed E-state index contributed by atoms with van der Waals surface area (Å²) in [5.74, 6) is 0.538. The molecule has 0 aliphatic carbocycles. The van der Waals surface area contributed by atoms with E-state index in [0.717, 1.165) is 31.5 Å². The van der Waals surface area contributed by atoms with E-state index in [9.17, 15) is 4.79 Å². The first-order valence-corrected chi connectivity index (χ1v) is 9.78. The molecule has 0 atom stereocenters. The van der Waals surface area contributed by atoms with Crippen LogP contribution in [0.25, 0.3) is 11.2 Å². The van der Waals surface area contributed by atoms with Crippen molar-refractivity contribution in [2.24, 2.45) is 0 Å². The van der Waals surface area contributed by atoms with Crippen LogP contribution in [0.5, 0.6) is 0 Å². The maximum Gasteiger partial charge on any atom is 0.232 e. The molecule has 1 aromatic carbocycles. The van der Waals surface area contributed by atoms with Crippen LogP contribution in [0.2, 0.25) is 0 Å². The third-order valence-corrected chi connectivity index (χ3v) is 5.45. The van der Waals surface area contributed by atoms with Crippen molar-refractivity contribution in [3.8, 4) is 0 Å². The molecule has 0 bridgehead atoms. The number of amides is 1. The van der Waals surface area contributed by atoms with Crippen molar-refractivity contribution < 1.29 is 4.79 Å². The van der Waals surface area contributed by atoms with E-state index in [-0.39, 0.29) is 5.91 Å². The standard InChI is InChI=1S/C18H20N6OS/c25-15(23-9-5-2-6-10-23)12-26-18-16-17(19-13-20-18)24(22-21-16)11-14-7-3-1-4-8-14/h1,3-4,7-8,13H,2,5-6,9-12H2. The SMILES string of the molecule is O=C(CSc1ncnc2c1nnn2Cc1ccccc1)N1CCCCC1. The van der Waals surface area contributed by atoms with E-state index in [1.54, 1.807) is 4.68 Å². The first kappa shape index (κ1) is 17.0. The molecule has 2 aromatic heterocycles. The van der Waals surface area contributed by atoms with Crippen molar-refractivity contribution in [3.05, 3.63) is 42.2 Å². The maximum absolute atomic E-state index is 12.4. The second-order valence-corrected chi connectivity index (χ2v) is 7.28. The highest BCUT2D eigenvalue weighted by atomic mass is 32.2. The summed E-state index contributed by atoms with van der Waals surface area (Å²) < 4.78 is 1.77. The van der Waals surface area contributed by atoms with Crippen molar-refractivity contribution in [1.29, 1.82) is 0 Å². The Kier molecular flexibility index (Phi) is 5.10. The van der Waals surface area contributed by atoms with E-state index in [0.29, 0.717) is 28.5 Å². The predicted molar refractivity (Wildman–Crippen MR) is 99.8 cm³/mol. The molecule has 1 aliphatic heterocycles. The summed E-state index contributed by atoms with van der Waals surface area (Å²) in [6.45, 7) is 2.34. The Morgan fingerprint density at radius 3 is 2.69 bits per heavy atom. The number of benzene rings is 1. The third-order valence-electron chi connectivity index (χ3n) is 4.48. The smallest absolute Gasteiger partial charge is 0.232 e. The van der Waals surface area contributed by atoms with Gasteiger partial charge < -0.3 is 4.90 Å². The van der Waals surface area contributed by atoms with Crippen molar-refractivity contribution in [1.82, 2.24) is 29.9 Å². The van der Waals surface area contributed by atoms with Gasteiger partial charge in [-0.25, -0.2) is 14.6 Å². The van der Waals surface area contributed by atoms with E-state index in [4.69, 9.17) is 0 Å². The van der Waals surface area contributed by atoms with Crippen molar-refractivity contribution in [3.63, 3.8) is 0 Å². The quantitative estimate of drug-likeness (QED) is 0.508. The largest absolute Gasteiger partial charge is 0.342 e. The molecular formula is C18H20N6OS. The van der Waals surface area contributed by atoms with E-state index in [1.165, 1.54) is 24.5 Å². The second-order valence-electron chi connectivity index (χ2n) is 6.31. The van der Waals surface area contributed by atoms with Gasteiger partial charge in [-0.05, 0) is 24.8 Å². The summed E-state index contributed by atoms with van der Waals surface area (Å²) in [5.41, 5.74) is 2.48. The van der Waals surface area contributed by atoms with Crippen LogP contribution in [0.3, 0.4) is 0 Å². The number of piperidine rings is 1. The number of carbonyl (C=O) groups is 1. The Labute approximate surface area is 155 Å². The molecule has 1 aliphatic rings. The lowest BCUT2D eigenvalue weighted by Gasteiger charge is -2.26. The van der Waals surface area contributed by atoms with Gasteiger partial charge in [0.1, 0.15) is 11.4 Å². The molecule has 8 heteroatoms. The molecule has 0 N–H and O–H groups in total. The number of hydrogen-bond donors (Lipinski definition) is 0. The van der Waals surface area contributed by atoms with Gasteiger partial charge in [0.15, 0.2) is 11.2 Å². The molecule has 3 heterocycles. The second kappa shape index (κ2) is 7.82. The number of thioether (sulfide) groups is 1. The van der Waals surface area contributed by atoms with E-state index in [1.807, 2.05) is 35.2 Å². The summed E-state index contributed by atoms with van der Waals surface area (Å²) in [6, 6.07) is 10.1. The van der Waals surface area contributed by atoms with Crippen molar-refractivity contribution >= 4 is 28.8 Å². The van der Waals surface area contributed by atoms with Crippen LogP contribution in [-0.4, -0.2) is 54.6 Å². The summed E-state index contributed by atoms with van der Waals surface area (Å²) in [4.78, 5) is 23.0. The number of carbonyl (C=O) groups excluding carboxylic acids is 1. The van der Waals surface area contributed by atoms with E-state index in [2.05, 4.69) is 20.3 Å². The van der Waals surface area contributed by atoms with Gasteiger partial charge in [0.2, 0.25) is 5.91 Å². The third kappa shape index (κ3) is 3.70. The van der Waals surface area contributed by atoms with Gasteiger partial charge in [-0.2, -0.15) is 0 Å². The van der Waals surface area contributed by atoms with Crippen LogP contribution in [0.4, 0.5) is 0 Å². The van der Waals surface area contributed by atoms with Crippen molar-refractivity contribution in [2.75, 3.05) is 18.8 Å². The molecule has 4 rings (SSSR count). The maximum atomic E-state index is 12.4. The number of hydrogen-bond acceptors (Lipinski definition) is 6. The van der Waals surface area contributed by atoms with Gasteiger partial charge >= 0.3 is 0 Å². The summed E-state index contributed by atoms with van der Waals surface area (Å²) >= 11 is 1.41. The van der Waals surface area contributed by atoms with Gasteiger partial charge in [0, 0.05) is 13.1 Å². The summed E-state index contributed by atoms with van der Waals surface area (Å²) in [6.07, 6.45) is 4.93. The minimum absolute atomic E-state index is 0.165. The molecule has 26 heavy (non-hydrogen) atoms. The number of aromatic nitrogens is 5. The zero-order valence-electron chi connectivity index (χ0n) is 14.4. The van der Waals surface area contributed by atoms with Gasteiger partial charge in [-0.3, -0.25) is 4.79 Å². The van der Waals surface area contributed by atoms with E-state index >= 15 is 0 Å². The monoisotopic (exact) mass is 368 g/mol. The first-order valence-electron chi connectivity index (χ1n) is 8.80. The number of nitrogens with zero attached hydrogens (tertiary/aromatic N) is 6. The molecule has 0 radical (unpaired) electrons. The average Bonchev–Trinajstić information content (AvgIpc) is 3.11. The number of rotatable bonds is 5. The zero-order valence-corrected chi connectivity index (χ0v) is 15.2. The Morgan fingerprint density at radius 1 is 1.08 bits per heavy atom. The Bertz CT molecular complexity index is 891. The predicted octanol–water partition coefficient (Wildman–Crippen LogP) is 2.37. The Balaban J connectivity index is 1.48. The molecule has 1 saturated heterocycles. The highest BCUT2D eigenvalue weighted by Gasteiger charge is 2.18. The van der Waals surface area contributed by atoms with Crippen molar-refractivity contribution in [2.45, 2.75) is 30.8 Å². The van der Waals surface area contributed by atoms with Crippen LogP contribution in [-0.2, 0) is 11.3 Å². The average molecular weight is 368 g/mol. The van der Waals surface area contributed by atoms with Crippen LogP contribution < -0.4 is 0 Å². The molecule has 1 amide bonds. The highest BCUT2D eigenvalue weighted by molar-refractivity contribution is 8.00. The fraction of sp³-hybridized carbons (Fsp3) is 0.389. The lowest BCUT2D eigenvalue weighted by atomic mass is 10.1. The minimum atomic E-state index is 0.165. The minimum Gasteiger partial charge on any atom is -0.342 e. The lowest BCUT2D eigenvalue weighted by Crippen LogP contribution is -2.36. The molecule has 1 fully saturated rings. The van der Waals surface area contributed by atoms with Crippen LogP contribution >= 0.6 is 11.8 Å². The van der Waals surface area contributed by atoms with Gasteiger partial charge in [0.25, 0.3) is 0 Å². The lowest BCUT2D eigenvalue weighted by molar-refractivity contribution is -0.129.